The van der Waals surface area contributed by atoms with Gasteiger partial charge in [0.05, 0.1) is 21.8 Å². The lowest BCUT2D eigenvalue weighted by Crippen LogP contribution is -2.23. The molecule has 0 radical (unpaired) electrons. The molecule has 0 saturated carbocycles. The van der Waals surface area contributed by atoms with E-state index in [1.54, 1.807) is 4.68 Å². The molecule has 0 aromatic carbocycles. The molecule has 5 heteroatoms. The van der Waals surface area contributed by atoms with E-state index in [-0.39, 0.29) is 11.8 Å². The first-order valence-corrected chi connectivity index (χ1v) is 6.04. The third-order valence-electron chi connectivity index (χ3n) is 2.80. The highest BCUT2D eigenvalue weighted by atomic mass is 79.9. The second-order valence-corrected chi connectivity index (χ2v) is 5.16. The van der Waals surface area contributed by atoms with Gasteiger partial charge >= 0.3 is 5.97 Å². The van der Waals surface area contributed by atoms with Gasteiger partial charge in [-0.1, -0.05) is 13.8 Å². The zero-order chi connectivity index (χ0) is 12.5. The summed E-state index contributed by atoms with van der Waals surface area (Å²) >= 11 is 3.45. The summed E-state index contributed by atoms with van der Waals surface area (Å²) in [5, 5.41) is 13.4. The summed E-state index contributed by atoms with van der Waals surface area (Å²) in [6, 6.07) is 0. The minimum absolute atomic E-state index is 0.111. The van der Waals surface area contributed by atoms with Crippen LogP contribution in [0.2, 0.25) is 0 Å². The molecule has 1 rings (SSSR count). The maximum absolute atomic E-state index is 11.1. The third kappa shape index (κ3) is 2.64. The smallest absolute Gasteiger partial charge is 0.307 e. The van der Waals surface area contributed by atoms with E-state index >= 15 is 0 Å². The monoisotopic (exact) mass is 288 g/mol. The Hall–Kier alpha value is -0.840. The lowest BCUT2D eigenvalue weighted by molar-refractivity contribution is -0.143. The van der Waals surface area contributed by atoms with Crippen molar-refractivity contribution in [2.45, 2.75) is 27.2 Å². The molecule has 0 fully saturated rings. The van der Waals surface area contributed by atoms with E-state index in [1.165, 1.54) is 0 Å². The fourth-order valence-electron chi connectivity index (χ4n) is 1.72. The third-order valence-corrected chi connectivity index (χ3v) is 3.83. The highest BCUT2D eigenvalue weighted by molar-refractivity contribution is 9.10. The minimum Gasteiger partial charge on any atom is -0.481 e. The maximum Gasteiger partial charge on any atom is 0.307 e. The minimum atomic E-state index is -0.749. The number of aliphatic carboxylic acids is 1. The molecule has 1 N–H and O–H groups in total. The van der Waals surface area contributed by atoms with Crippen LogP contribution in [0.4, 0.5) is 0 Å². The predicted molar refractivity (Wildman–Crippen MR) is 65.3 cm³/mol. The largest absolute Gasteiger partial charge is 0.481 e. The number of hydrogen-bond acceptors (Lipinski definition) is 2. The number of rotatable bonds is 4. The van der Waals surface area contributed by atoms with Crippen molar-refractivity contribution in [3.63, 3.8) is 0 Å². The van der Waals surface area contributed by atoms with Crippen LogP contribution < -0.4 is 0 Å². The maximum atomic E-state index is 11.1. The molecule has 16 heavy (non-hydrogen) atoms. The van der Waals surface area contributed by atoms with Gasteiger partial charge in [0.25, 0.3) is 0 Å². The Bertz CT molecular complexity index is 399. The predicted octanol–water partition coefficient (Wildman–Crippen LogP) is 2.39. The lowest BCUT2D eigenvalue weighted by atomic mass is 9.91. The molecule has 1 aromatic heterocycles. The first-order valence-electron chi connectivity index (χ1n) is 5.25. The summed E-state index contributed by atoms with van der Waals surface area (Å²) < 4.78 is 2.67. The highest BCUT2D eigenvalue weighted by Crippen LogP contribution is 2.25. The van der Waals surface area contributed by atoms with Gasteiger partial charge < -0.3 is 5.11 Å². The second-order valence-electron chi connectivity index (χ2n) is 4.36. The fourth-order valence-corrected chi connectivity index (χ4v) is 2.22. The van der Waals surface area contributed by atoms with E-state index in [2.05, 4.69) is 21.0 Å². The number of carboxylic acid groups (broad SMARTS) is 1. The normalized spacial score (nSPS) is 13.1. The van der Waals surface area contributed by atoms with Crippen LogP contribution in [0.1, 0.15) is 25.2 Å². The molecule has 90 valence electrons. The molecule has 1 atom stereocenters. The molecule has 0 aliphatic heterocycles. The summed E-state index contributed by atoms with van der Waals surface area (Å²) in [5.41, 5.74) is 1.84. The highest BCUT2D eigenvalue weighted by Gasteiger charge is 2.25. The Morgan fingerprint density at radius 2 is 2.12 bits per heavy atom. The van der Waals surface area contributed by atoms with Crippen LogP contribution in [0.3, 0.4) is 0 Å². The van der Waals surface area contributed by atoms with E-state index in [0.717, 1.165) is 15.9 Å². The molecule has 0 spiro atoms. The number of aryl methyl sites for hydroxylation is 2. The second kappa shape index (κ2) is 4.99. The number of nitrogens with zero attached hydrogens (tertiary/aromatic N) is 2. The van der Waals surface area contributed by atoms with Crippen molar-refractivity contribution in [2.75, 3.05) is 0 Å². The van der Waals surface area contributed by atoms with E-state index in [1.807, 2.05) is 27.8 Å². The molecule has 0 aliphatic carbocycles. The fraction of sp³-hybridized carbons (Fsp3) is 0.636. The summed E-state index contributed by atoms with van der Waals surface area (Å²) in [6.07, 6.45) is 0.505. The molecular formula is C11H17BrN2O2. The first kappa shape index (κ1) is 13.2. The van der Waals surface area contributed by atoms with Gasteiger partial charge in [0.1, 0.15) is 0 Å². The Balaban J connectivity index is 2.98. The van der Waals surface area contributed by atoms with Crippen molar-refractivity contribution in [1.82, 2.24) is 9.78 Å². The van der Waals surface area contributed by atoms with Crippen molar-refractivity contribution < 1.29 is 9.90 Å². The summed E-state index contributed by atoms with van der Waals surface area (Å²) in [5.74, 6) is -1.01. The van der Waals surface area contributed by atoms with Crippen molar-refractivity contribution in [1.29, 1.82) is 0 Å². The van der Waals surface area contributed by atoms with E-state index in [0.29, 0.717) is 6.42 Å². The topological polar surface area (TPSA) is 55.1 Å². The van der Waals surface area contributed by atoms with E-state index in [9.17, 15) is 4.79 Å². The van der Waals surface area contributed by atoms with E-state index in [4.69, 9.17) is 5.11 Å². The van der Waals surface area contributed by atoms with Crippen LogP contribution in [0.25, 0.3) is 0 Å². The summed E-state index contributed by atoms with van der Waals surface area (Å²) in [6.45, 7) is 5.75. The van der Waals surface area contributed by atoms with Gasteiger partial charge in [0.15, 0.2) is 0 Å². The number of carbonyl (C=O) groups is 1. The van der Waals surface area contributed by atoms with Crippen molar-refractivity contribution in [2.24, 2.45) is 18.9 Å². The zero-order valence-corrected chi connectivity index (χ0v) is 11.6. The standard InChI is InChI=1S/C11H17BrN2O2/c1-6(2)8(11(15)16)5-9-10(12)7(3)13-14(9)4/h6,8H,5H2,1-4H3,(H,15,16). The average molecular weight is 289 g/mol. The van der Waals surface area contributed by atoms with Crippen LogP contribution in [-0.4, -0.2) is 20.9 Å². The first-order chi connectivity index (χ1) is 7.34. The van der Waals surface area contributed by atoms with Crippen LogP contribution in [0.15, 0.2) is 4.47 Å². The SMILES string of the molecule is Cc1nn(C)c(CC(C(=O)O)C(C)C)c1Br. The average Bonchev–Trinajstić information content (AvgIpc) is 2.38. The number of aromatic nitrogens is 2. The van der Waals surface area contributed by atoms with Gasteiger partial charge in [0, 0.05) is 13.5 Å². The Kier molecular flexibility index (Phi) is 4.13. The van der Waals surface area contributed by atoms with Crippen molar-refractivity contribution in [3.05, 3.63) is 15.9 Å². The van der Waals surface area contributed by atoms with Crippen molar-refractivity contribution >= 4 is 21.9 Å². The molecule has 0 aliphatic rings. The zero-order valence-electron chi connectivity index (χ0n) is 9.99. The van der Waals surface area contributed by atoms with Crippen LogP contribution in [0, 0.1) is 18.8 Å². The van der Waals surface area contributed by atoms with Crippen LogP contribution in [0.5, 0.6) is 0 Å². The van der Waals surface area contributed by atoms with E-state index < -0.39 is 5.97 Å². The number of halogens is 1. The molecule has 0 amide bonds. The lowest BCUT2D eigenvalue weighted by Gasteiger charge is -2.16. The van der Waals surface area contributed by atoms with Gasteiger partial charge in [-0.05, 0) is 28.8 Å². The Morgan fingerprint density at radius 1 is 1.56 bits per heavy atom. The molecule has 1 heterocycles. The summed E-state index contributed by atoms with van der Waals surface area (Å²) in [7, 11) is 1.84. The number of hydrogen-bond donors (Lipinski definition) is 1. The Labute approximate surface area is 104 Å². The molecule has 0 bridgehead atoms. The molecular weight excluding hydrogens is 272 g/mol. The molecule has 4 nitrogen and oxygen atoms in total. The van der Waals surface area contributed by atoms with Gasteiger partial charge in [-0.3, -0.25) is 9.48 Å². The number of carboxylic acids is 1. The quantitative estimate of drug-likeness (QED) is 0.926. The van der Waals surface area contributed by atoms with Gasteiger partial charge in [-0.15, -0.1) is 0 Å². The van der Waals surface area contributed by atoms with Gasteiger partial charge in [-0.2, -0.15) is 5.10 Å². The van der Waals surface area contributed by atoms with Crippen molar-refractivity contribution in [3.8, 4) is 0 Å². The van der Waals surface area contributed by atoms with Gasteiger partial charge in [0.2, 0.25) is 0 Å². The van der Waals surface area contributed by atoms with Gasteiger partial charge in [-0.25, -0.2) is 0 Å². The van der Waals surface area contributed by atoms with Crippen LogP contribution >= 0.6 is 15.9 Å². The summed E-state index contributed by atoms with van der Waals surface area (Å²) in [4.78, 5) is 11.1. The molecule has 0 saturated heterocycles. The molecule has 1 unspecified atom stereocenters. The Morgan fingerprint density at radius 3 is 2.44 bits per heavy atom. The van der Waals surface area contributed by atoms with Crippen LogP contribution in [-0.2, 0) is 18.3 Å². The molecule has 1 aromatic rings.